The highest BCUT2D eigenvalue weighted by molar-refractivity contribution is 7.89. The fourth-order valence-electron chi connectivity index (χ4n) is 1.14. The van der Waals surface area contributed by atoms with Gasteiger partial charge < -0.3 is 9.30 Å². The van der Waals surface area contributed by atoms with Crippen molar-refractivity contribution in [3.05, 3.63) is 12.5 Å². The molecule has 0 aliphatic carbocycles. The molecule has 0 N–H and O–H groups in total. The maximum Gasteiger partial charge on any atom is 0.321 e. The summed E-state index contributed by atoms with van der Waals surface area (Å²) in [6.07, 6.45) is 2.85. The molecule has 0 radical (unpaired) electrons. The number of aryl methyl sites for hydroxylation is 1. The molecular weight excluding hydrogens is 246 g/mol. The van der Waals surface area contributed by atoms with Crippen molar-refractivity contribution in [1.29, 1.82) is 0 Å². The van der Waals surface area contributed by atoms with Crippen LogP contribution in [0.2, 0.25) is 0 Å². The van der Waals surface area contributed by atoms with Crippen LogP contribution >= 0.6 is 0 Å². The van der Waals surface area contributed by atoms with Crippen LogP contribution in [0.1, 0.15) is 6.92 Å². The van der Waals surface area contributed by atoms with Gasteiger partial charge in [0.1, 0.15) is 6.54 Å². The van der Waals surface area contributed by atoms with E-state index in [2.05, 4.69) is 9.72 Å². The van der Waals surface area contributed by atoms with E-state index in [-0.39, 0.29) is 11.6 Å². The lowest BCUT2D eigenvalue weighted by molar-refractivity contribution is -0.140. The van der Waals surface area contributed by atoms with Crippen LogP contribution in [-0.2, 0) is 26.1 Å². The summed E-state index contributed by atoms with van der Waals surface area (Å²) in [5.74, 6) is -0.619. The van der Waals surface area contributed by atoms with Crippen LogP contribution in [0.4, 0.5) is 0 Å². The molecule has 0 fully saturated rings. The molecule has 1 aromatic rings. The molecule has 1 rings (SSSR count). The van der Waals surface area contributed by atoms with E-state index in [9.17, 15) is 13.2 Å². The molecule has 0 aliphatic rings. The van der Waals surface area contributed by atoms with E-state index in [0.717, 1.165) is 4.31 Å². The maximum atomic E-state index is 12.0. The lowest BCUT2D eigenvalue weighted by Crippen LogP contribution is -2.32. The number of nitrogens with zero attached hydrogens (tertiary/aromatic N) is 3. The molecule has 0 spiro atoms. The first-order valence-electron chi connectivity index (χ1n) is 4.96. The Labute approximate surface area is 100 Å². The summed E-state index contributed by atoms with van der Waals surface area (Å²) in [4.78, 5) is 14.8. The van der Waals surface area contributed by atoms with E-state index in [0.29, 0.717) is 6.54 Å². The minimum atomic E-state index is -3.73. The number of hydrogen-bond donors (Lipinski definition) is 0. The van der Waals surface area contributed by atoms with Crippen LogP contribution in [0.15, 0.2) is 17.6 Å². The first-order valence-corrected chi connectivity index (χ1v) is 6.40. The maximum absolute atomic E-state index is 12.0. The molecule has 8 heteroatoms. The Hall–Kier alpha value is -1.41. The van der Waals surface area contributed by atoms with Crippen molar-refractivity contribution in [3.8, 4) is 0 Å². The van der Waals surface area contributed by atoms with Gasteiger partial charge in [-0.1, -0.05) is 0 Å². The lowest BCUT2D eigenvalue weighted by atomic mass is 10.7. The van der Waals surface area contributed by atoms with Gasteiger partial charge in [-0.25, -0.2) is 13.4 Å². The third-order valence-electron chi connectivity index (χ3n) is 2.23. The predicted molar refractivity (Wildman–Crippen MR) is 59.7 cm³/mol. The molecule has 0 aliphatic heterocycles. The smallest absolute Gasteiger partial charge is 0.321 e. The summed E-state index contributed by atoms with van der Waals surface area (Å²) in [6.45, 7) is 2.16. The van der Waals surface area contributed by atoms with Crippen LogP contribution in [0.25, 0.3) is 0 Å². The van der Waals surface area contributed by atoms with Crippen molar-refractivity contribution in [2.75, 3.05) is 20.7 Å². The number of imidazole rings is 1. The number of likely N-dealkylation sites (N-methyl/N-ethyl adjacent to an activating group) is 1. The molecule has 0 bridgehead atoms. The zero-order valence-corrected chi connectivity index (χ0v) is 10.8. The quantitative estimate of drug-likeness (QED) is 0.679. The lowest BCUT2D eigenvalue weighted by Gasteiger charge is -2.13. The van der Waals surface area contributed by atoms with E-state index in [1.54, 1.807) is 4.57 Å². The van der Waals surface area contributed by atoms with E-state index >= 15 is 0 Å². The summed E-state index contributed by atoms with van der Waals surface area (Å²) >= 11 is 0. The van der Waals surface area contributed by atoms with Gasteiger partial charge in [-0.05, 0) is 6.92 Å². The normalized spacial score (nSPS) is 11.8. The topological polar surface area (TPSA) is 81.5 Å². The average Bonchev–Trinajstić information content (AvgIpc) is 2.77. The van der Waals surface area contributed by atoms with Crippen molar-refractivity contribution >= 4 is 16.0 Å². The minimum absolute atomic E-state index is 0.0780. The standard InChI is InChI=1S/C9H15N3O4S/c1-4-12-5-8(10-7-12)17(14,15)11(2)6-9(13)16-3/h5,7H,4,6H2,1-3H3. The SMILES string of the molecule is CCn1cnc(S(=O)(=O)N(C)CC(=O)OC)c1. The van der Waals surface area contributed by atoms with Crippen LogP contribution in [-0.4, -0.2) is 48.9 Å². The van der Waals surface area contributed by atoms with Crippen LogP contribution in [0, 0.1) is 0 Å². The van der Waals surface area contributed by atoms with Gasteiger partial charge in [-0.3, -0.25) is 4.79 Å². The third-order valence-corrected chi connectivity index (χ3v) is 3.92. The molecule has 1 heterocycles. The van der Waals surface area contributed by atoms with Crippen molar-refractivity contribution in [1.82, 2.24) is 13.9 Å². The molecule has 7 nitrogen and oxygen atoms in total. The molecule has 96 valence electrons. The Balaban J connectivity index is 2.90. The second kappa shape index (κ2) is 5.28. The second-order valence-electron chi connectivity index (χ2n) is 3.38. The summed E-state index contributed by atoms with van der Waals surface area (Å²) < 4.78 is 30.9. The largest absolute Gasteiger partial charge is 0.468 e. The van der Waals surface area contributed by atoms with E-state index in [1.165, 1.54) is 26.7 Å². The number of aromatic nitrogens is 2. The van der Waals surface area contributed by atoms with E-state index in [1.807, 2.05) is 6.92 Å². The molecule has 0 unspecified atom stereocenters. The highest BCUT2D eigenvalue weighted by atomic mass is 32.2. The van der Waals surface area contributed by atoms with Crippen molar-refractivity contribution in [2.24, 2.45) is 0 Å². The predicted octanol–water partition coefficient (Wildman–Crippen LogP) is -0.304. The zero-order chi connectivity index (χ0) is 13.1. The Morgan fingerprint density at radius 2 is 2.24 bits per heavy atom. The highest BCUT2D eigenvalue weighted by Gasteiger charge is 2.25. The fourth-order valence-corrected chi connectivity index (χ4v) is 2.18. The van der Waals surface area contributed by atoms with Gasteiger partial charge in [0.05, 0.1) is 13.4 Å². The van der Waals surface area contributed by atoms with Crippen LogP contribution in [0.5, 0.6) is 0 Å². The molecule has 0 saturated heterocycles. The summed E-state index contributed by atoms with van der Waals surface area (Å²) in [5.41, 5.74) is 0. The first-order chi connectivity index (χ1) is 7.91. The second-order valence-corrected chi connectivity index (χ2v) is 5.37. The molecule has 0 amide bonds. The highest BCUT2D eigenvalue weighted by Crippen LogP contribution is 2.11. The number of hydrogen-bond acceptors (Lipinski definition) is 5. The van der Waals surface area contributed by atoms with Gasteiger partial charge in [-0.15, -0.1) is 0 Å². The van der Waals surface area contributed by atoms with Crippen LogP contribution in [0.3, 0.4) is 0 Å². The third kappa shape index (κ3) is 3.04. The number of rotatable bonds is 5. The number of sulfonamides is 1. The van der Waals surface area contributed by atoms with Crippen molar-refractivity contribution < 1.29 is 17.9 Å². The Bertz CT molecular complexity index is 494. The fraction of sp³-hybridized carbons (Fsp3) is 0.556. The van der Waals surface area contributed by atoms with E-state index < -0.39 is 16.0 Å². The van der Waals surface area contributed by atoms with Crippen molar-refractivity contribution in [2.45, 2.75) is 18.5 Å². The van der Waals surface area contributed by atoms with E-state index in [4.69, 9.17) is 0 Å². The molecule has 0 saturated carbocycles. The minimum Gasteiger partial charge on any atom is -0.468 e. The molecule has 1 aromatic heterocycles. The molecule has 0 atom stereocenters. The Morgan fingerprint density at radius 1 is 1.59 bits per heavy atom. The number of methoxy groups -OCH3 is 1. The van der Waals surface area contributed by atoms with Crippen LogP contribution < -0.4 is 0 Å². The Morgan fingerprint density at radius 3 is 2.71 bits per heavy atom. The summed E-state index contributed by atoms with van der Waals surface area (Å²) in [6, 6.07) is 0. The molecule has 17 heavy (non-hydrogen) atoms. The zero-order valence-electron chi connectivity index (χ0n) is 9.95. The monoisotopic (exact) mass is 261 g/mol. The number of esters is 1. The number of carbonyl (C=O) groups excluding carboxylic acids is 1. The Kier molecular flexibility index (Phi) is 4.24. The average molecular weight is 261 g/mol. The summed E-state index contributed by atoms with van der Waals surface area (Å²) in [7, 11) is -1.23. The van der Waals surface area contributed by atoms with Gasteiger partial charge in [0, 0.05) is 19.8 Å². The molecular formula is C9H15N3O4S. The van der Waals surface area contributed by atoms with Gasteiger partial charge >= 0.3 is 5.97 Å². The van der Waals surface area contributed by atoms with Gasteiger partial charge in [0.25, 0.3) is 10.0 Å². The number of carbonyl (C=O) groups is 1. The van der Waals surface area contributed by atoms with Gasteiger partial charge in [0.2, 0.25) is 0 Å². The van der Waals surface area contributed by atoms with Crippen molar-refractivity contribution in [3.63, 3.8) is 0 Å². The summed E-state index contributed by atoms with van der Waals surface area (Å²) in [5, 5.41) is -0.0780. The van der Waals surface area contributed by atoms with Gasteiger partial charge in [-0.2, -0.15) is 4.31 Å². The van der Waals surface area contributed by atoms with Gasteiger partial charge in [0.15, 0.2) is 5.03 Å². The first kappa shape index (κ1) is 13.7. The molecule has 0 aromatic carbocycles. The number of ether oxygens (including phenoxy) is 1.